The molecular weight excluding hydrogens is 310 g/mol. The van der Waals surface area contributed by atoms with Crippen molar-refractivity contribution >= 4 is 21.8 Å². The minimum atomic E-state index is -3.59. The summed E-state index contributed by atoms with van der Waals surface area (Å²) in [4.78, 5) is 0.148. The van der Waals surface area contributed by atoms with Crippen LogP contribution in [0.2, 0.25) is 0 Å². The van der Waals surface area contributed by atoms with Gasteiger partial charge in [-0.1, -0.05) is 6.92 Å². The van der Waals surface area contributed by atoms with E-state index >= 15 is 0 Å². The zero-order valence-corrected chi connectivity index (χ0v) is 14.3. The SMILES string of the molecule is CCOc1ccc(S(=O)(=O)NC(CC)CSC)cc1CO. The van der Waals surface area contributed by atoms with Crippen LogP contribution in [0.5, 0.6) is 5.75 Å². The molecule has 0 aliphatic heterocycles. The zero-order valence-electron chi connectivity index (χ0n) is 12.6. The molecule has 0 aliphatic rings. The summed E-state index contributed by atoms with van der Waals surface area (Å²) in [6.07, 6.45) is 2.67. The third kappa shape index (κ3) is 5.18. The van der Waals surface area contributed by atoms with Crippen molar-refractivity contribution in [2.75, 3.05) is 18.6 Å². The maximum Gasteiger partial charge on any atom is 0.240 e. The molecule has 0 amide bonds. The van der Waals surface area contributed by atoms with Gasteiger partial charge in [0, 0.05) is 17.4 Å². The van der Waals surface area contributed by atoms with Gasteiger partial charge in [-0.3, -0.25) is 0 Å². The molecule has 1 atom stereocenters. The fourth-order valence-corrected chi connectivity index (χ4v) is 4.06. The van der Waals surface area contributed by atoms with Crippen molar-refractivity contribution in [1.29, 1.82) is 0 Å². The van der Waals surface area contributed by atoms with Gasteiger partial charge in [-0.15, -0.1) is 0 Å². The summed E-state index contributed by atoms with van der Waals surface area (Å²) in [7, 11) is -3.59. The Kier molecular flexibility index (Phi) is 7.51. The third-order valence-corrected chi connectivity index (χ3v) is 5.25. The topological polar surface area (TPSA) is 75.6 Å². The van der Waals surface area contributed by atoms with E-state index in [1.165, 1.54) is 12.1 Å². The van der Waals surface area contributed by atoms with Gasteiger partial charge in [0.05, 0.1) is 18.1 Å². The average molecular weight is 333 g/mol. The zero-order chi connectivity index (χ0) is 15.9. The van der Waals surface area contributed by atoms with Crippen LogP contribution in [-0.4, -0.2) is 38.2 Å². The van der Waals surface area contributed by atoms with Gasteiger partial charge < -0.3 is 9.84 Å². The molecule has 0 aliphatic carbocycles. The second-order valence-corrected chi connectivity index (χ2v) is 7.17. The van der Waals surface area contributed by atoms with Crippen LogP contribution in [0.4, 0.5) is 0 Å². The molecule has 0 radical (unpaired) electrons. The number of hydrogen-bond donors (Lipinski definition) is 2. The molecular formula is C14H23NO4S2. The average Bonchev–Trinajstić information content (AvgIpc) is 2.47. The van der Waals surface area contributed by atoms with E-state index in [1.807, 2.05) is 20.1 Å². The fourth-order valence-electron chi connectivity index (χ4n) is 1.87. The molecule has 1 aromatic carbocycles. The molecule has 1 rings (SSSR count). The van der Waals surface area contributed by atoms with Gasteiger partial charge in [0.1, 0.15) is 5.75 Å². The summed E-state index contributed by atoms with van der Waals surface area (Å²) < 4.78 is 32.8. The number of hydrogen-bond acceptors (Lipinski definition) is 5. The van der Waals surface area contributed by atoms with E-state index in [0.29, 0.717) is 17.9 Å². The van der Waals surface area contributed by atoms with Gasteiger partial charge >= 0.3 is 0 Å². The van der Waals surface area contributed by atoms with E-state index in [9.17, 15) is 13.5 Å². The van der Waals surface area contributed by atoms with Crippen LogP contribution in [0.15, 0.2) is 23.1 Å². The van der Waals surface area contributed by atoms with E-state index in [0.717, 1.165) is 12.2 Å². The maximum absolute atomic E-state index is 12.4. The standard InChI is InChI=1S/C14H23NO4S2/c1-4-12(10-20-3)15-21(17,18)13-6-7-14(19-5-2)11(8-13)9-16/h6-8,12,15-16H,4-5,9-10H2,1-3H3. The lowest BCUT2D eigenvalue weighted by molar-refractivity contribution is 0.266. The van der Waals surface area contributed by atoms with Gasteiger partial charge in [0.15, 0.2) is 0 Å². The minimum Gasteiger partial charge on any atom is -0.494 e. The molecule has 120 valence electrons. The second kappa shape index (κ2) is 8.63. The van der Waals surface area contributed by atoms with Crippen molar-refractivity contribution in [2.45, 2.75) is 37.8 Å². The highest BCUT2D eigenvalue weighted by atomic mass is 32.2. The van der Waals surface area contributed by atoms with Crippen LogP contribution in [0, 0.1) is 0 Å². The van der Waals surface area contributed by atoms with E-state index in [1.54, 1.807) is 17.8 Å². The number of aliphatic hydroxyl groups is 1. The molecule has 5 nitrogen and oxygen atoms in total. The highest BCUT2D eigenvalue weighted by molar-refractivity contribution is 7.98. The Morgan fingerprint density at radius 3 is 2.62 bits per heavy atom. The summed E-state index contributed by atoms with van der Waals surface area (Å²) in [6.45, 7) is 3.98. The lowest BCUT2D eigenvalue weighted by Gasteiger charge is -2.17. The van der Waals surface area contributed by atoms with Crippen LogP contribution in [0.25, 0.3) is 0 Å². The smallest absolute Gasteiger partial charge is 0.240 e. The molecule has 0 heterocycles. The van der Waals surface area contributed by atoms with Crippen molar-refractivity contribution < 1.29 is 18.3 Å². The van der Waals surface area contributed by atoms with Crippen LogP contribution in [0.1, 0.15) is 25.8 Å². The molecule has 1 aromatic rings. The number of aliphatic hydroxyl groups excluding tert-OH is 1. The lowest BCUT2D eigenvalue weighted by atomic mass is 10.2. The van der Waals surface area contributed by atoms with Crippen molar-refractivity contribution in [3.8, 4) is 5.75 Å². The van der Waals surface area contributed by atoms with E-state index < -0.39 is 10.0 Å². The van der Waals surface area contributed by atoms with Gasteiger partial charge in [-0.2, -0.15) is 11.8 Å². The Morgan fingerprint density at radius 1 is 1.38 bits per heavy atom. The summed E-state index contributed by atoms with van der Waals surface area (Å²) >= 11 is 1.60. The monoisotopic (exact) mass is 333 g/mol. The van der Waals surface area contributed by atoms with Crippen molar-refractivity contribution in [3.63, 3.8) is 0 Å². The van der Waals surface area contributed by atoms with Crippen LogP contribution < -0.4 is 9.46 Å². The first-order valence-electron chi connectivity index (χ1n) is 6.86. The summed E-state index contributed by atoms with van der Waals surface area (Å²) in [5.41, 5.74) is 0.470. The van der Waals surface area contributed by atoms with E-state index in [4.69, 9.17) is 4.74 Å². The predicted molar refractivity (Wildman–Crippen MR) is 86.3 cm³/mol. The first-order valence-corrected chi connectivity index (χ1v) is 9.74. The number of sulfonamides is 1. The number of benzene rings is 1. The molecule has 0 fully saturated rings. The van der Waals surface area contributed by atoms with Gasteiger partial charge in [0.25, 0.3) is 0 Å². The van der Waals surface area contributed by atoms with Crippen molar-refractivity contribution in [2.24, 2.45) is 0 Å². The number of ether oxygens (including phenoxy) is 1. The van der Waals surface area contributed by atoms with Gasteiger partial charge in [-0.05, 0) is 37.8 Å². The predicted octanol–water partition coefficient (Wildman–Crippen LogP) is 2.00. The van der Waals surface area contributed by atoms with Gasteiger partial charge in [-0.25, -0.2) is 13.1 Å². The second-order valence-electron chi connectivity index (χ2n) is 4.54. The van der Waals surface area contributed by atoms with E-state index in [2.05, 4.69) is 4.72 Å². The Labute approximate surface area is 131 Å². The quantitative estimate of drug-likeness (QED) is 0.723. The molecule has 0 aromatic heterocycles. The Balaban J connectivity index is 3.02. The lowest BCUT2D eigenvalue weighted by Crippen LogP contribution is -2.36. The normalized spacial score (nSPS) is 13.1. The first kappa shape index (κ1) is 18.3. The van der Waals surface area contributed by atoms with Crippen molar-refractivity contribution in [1.82, 2.24) is 4.72 Å². The Bertz CT molecular complexity index is 546. The Hall–Kier alpha value is -0.760. The fraction of sp³-hybridized carbons (Fsp3) is 0.571. The summed E-state index contributed by atoms with van der Waals surface area (Å²) in [5.74, 6) is 1.23. The molecule has 0 saturated carbocycles. The highest BCUT2D eigenvalue weighted by Gasteiger charge is 2.20. The Morgan fingerprint density at radius 2 is 2.10 bits per heavy atom. The van der Waals surface area contributed by atoms with E-state index in [-0.39, 0.29) is 17.5 Å². The highest BCUT2D eigenvalue weighted by Crippen LogP contribution is 2.23. The molecule has 21 heavy (non-hydrogen) atoms. The minimum absolute atomic E-state index is 0.103. The third-order valence-electron chi connectivity index (χ3n) is 2.99. The molecule has 0 saturated heterocycles. The number of thioether (sulfide) groups is 1. The number of rotatable bonds is 9. The maximum atomic E-state index is 12.4. The molecule has 7 heteroatoms. The largest absolute Gasteiger partial charge is 0.494 e. The molecule has 1 unspecified atom stereocenters. The van der Waals surface area contributed by atoms with Crippen LogP contribution in [-0.2, 0) is 16.6 Å². The van der Waals surface area contributed by atoms with Crippen LogP contribution >= 0.6 is 11.8 Å². The van der Waals surface area contributed by atoms with Gasteiger partial charge in [0.2, 0.25) is 10.0 Å². The summed E-state index contributed by atoms with van der Waals surface area (Å²) in [5, 5.41) is 9.35. The molecule has 0 bridgehead atoms. The number of nitrogens with one attached hydrogen (secondary N) is 1. The van der Waals surface area contributed by atoms with Crippen LogP contribution in [0.3, 0.4) is 0 Å². The van der Waals surface area contributed by atoms with Crippen molar-refractivity contribution in [3.05, 3.63) is 23.8 Å². The molecule has 0 spiro atoms. The first-order chi connectivity index (χ1) is 9.98. The molecule has 2 N–H and O–H groups in total. The summed E-state index contributed by atoms with van der Waals surface area (Å²) in [6, 6.07) is 4.44.